The van der Waals surface area contributed by atoms with Crippen molar-refractivity contribution in [2.45, 2.75) is 19.3 Å². The fourth-order valence-corrected chi connectivity index (χ4v) is 2.33. The highest BCUT2D eigenvalue weighted by molar-refractivity contribution is 14.1. The summed E-state index contributed by atoms with van der Waals surface area (Å²) in [7, 11) is 0. The summed E-state index contributed by atoms with van der Waals surface area (Å²) in [6.07, 6.45) is 2.24. The topological polar surface area (TPSA) is 29.1 Å². The third kappa shape index (κ3) is 2.42. The van der Waals surface area contributed by atoms with Gasteiger partial charge in [-0.3, -0.25) is 4.79 Å². The summed E-state index contributed by atoms with van der Waals surface area (Å²) in [5.41, 5.74) is 1.27. The standard InChI is InChI=1S/C12H11FINO/c13-8-4-1-2-5-9(8)15-10-6-3-7-11(16)12(10)14/h1-2,4-5,15H,3,6-7H2. The molecule has 1 aromatic rings. The Morgan fingerprint density at radius 2 is 2.00 bits per heavy atom. The van der Waals surface area contributed by atoms with E-state index < -0.39 is 0 Å². The van der Waals surface area contributed by atoms with Gasteiger partial charge in [-0.1, -0.05) is 12.1 Å². The number of allylic oxidation sites excluding steroid dienone is 2. The van der Waals surface area contributed by atoms with Gasteiger partial charge in [0.15, 0.2) is 5.78 Å². The highest BCUT2D eigenvalue weighted by atomic mass is 127. The molecule has 0 atom stereocenters. The summed E-state index contributed by atoms with van der Waals surface area (Å²) in [5.74, 6) is -0.150. The summed E-state index contributed by atoms with van der Waals surface area (Å²) in [5, 5.41) is 3.01. The van der Waals surface area contributed by atoms with Gasteiger partial charge in [0.1, 0.15) is 5.82 Å². The number of benzene rings is 1. The van der Waals surface area contributed by atoms with Gasteiger partial charge in [0.2, 0.25) is 0 Å². The monoisotopic (exact) mass is 331 g/mol. The lowest BCUT2D eigenvalue weighted by Crippen LogP contribution is -2.13. The Labute approximate surface area is 107 Å². The predicted octanol–water partition coefficient (Wildman–Crippen LogP) is 3.64. The zero-order chi connectivity index (χ0) is 11.5. The Morgan fingerprint density at radius 1 is 1.25 bits per heavy atom. The van der Waals surface area contributed by atoms with Crippen molar-refractivity contribution in [3.8, 4) is 0 Å². The number of hydrogen-bond acceptors (Lipinski definition) is 2. The van der Waals surface area contributed by atoms with E-state index in [4.69, 9.17) is 0 Å². The Bertz CT molecular complexity index is 456. The third-order valence-corrected chi connectivity index (χ3v) is 3.75. The molecule has 2 rings (SSSR count). The molecule has 0 radical (unpaired) electrons. The molecular formula is C12H11FINO. The molecule has 4 heteroatoms. The molecule has 0 heterocycles. The van der Waals surface area contributed by atoms with E-state index in [1.807, 2.05) is 22.6 Å². The number of halogens is 2. The van der Waals surface area contributed by atoms with E-state index in [1.54, 1.807) is 18.2 Å². The maximum absolute atomic E-state index is 13.4. The molecule has 1 aromatic carbocycles. The molecule has 84 valence electrons. The predicted molar refractivity (Wildman–Crippen MR) is 69.9 cm³/mol. The first-order valence-electron chi connectivity index (χ1n) is 5.12. The van der Waals surface area contributed by atoms with E-state index in [9.17, 15) is 9.18 Å². The second-order valence-electron chi connectivity index (χ2n) is 3.67. The summed E-state index contributed by atoms with van der Waals surface area (Å²) in [6, 6.07) is 6.49. The average molecular weight is 331 g/mol. The van der Waals surface area contributed by atoms with Gasteiger partial charge in [-0.25, -0.2) is 4.39 Å². The van der Waals surface area contributed by atoms with E-state index in [0.29, 0.717) is 15.7 Å². The molecular weight excluding hydrogens is 320 g/mol. The van der Waals surface area contributed by atoms with Crippen LogP contribution < -0.4 is 5.32 Å². The van der Waals surface area contributed by atoms with Gasteiger partial charge in [0.25, 0.3) is 0 Å². The molecule has 16 heavy (non-hydrogen) atoms. The molecule has 0 aromatic heterocycles. The minimum absolute atomic E-state index is 0.144. The Kier molecular flexibility index (Phi) is 3.58. The number of ketones is 1. The van der Waals surface area contributed by atoms with Gasteiger partial charge < -0.3 is 5.32 Å². The fourth-order valence-electron chi connectivity index (χ4n) is 1.66. The van der Waals surface area contributed by atoms with Crippen molar-refractivity contribution >= 4 is 34.1 Å². The Morgan fingerprint density at radius 3 is 2.75 bits per heavy atom. The fraction of sp³-hybridized carbons (Fsp3) is 0.250. The number of carbonyl (C=O) groups excluding carboxylic acids is 1. The molecule has 0 aliphatic heterocycles. The van der Waals surface area contributed by atoms with Crippen molar-refractivity contribution < 1.29 is 9.18 Å². The molecule has 1 aliphatic carbocycles. The maximum Gasteiger partial charge on any atom is 0.170 e. The number of rotatable bonds is 2. The smallest absolute Gasteiger partial charge is 0.170 e. The van der Waals surface area contributed by atoms with Crippen LogP contribution in [0.15, 0.2) is 33.5 Å². The molecule has 1 aliphatic rings. The third-order valence-electron chi connectivity index (χ3n) is 2.50. The number of carbonyl (C=O) groups is 1. The molecule has 0 bridgehead atoms. The minimum atomic E-state index is -0.294. The molecule has 0 amide bonds. The van der Waals surface area contributed by atoms with Gasteiger partial charge in [0, 0.05) is 12.1 Å². The second kappa shape index (κ2) is 4.95. The molecule has 0 unspecified atom stereocenters. The number of hydrogen-bond donors (Lipinski definition) is 1. The molecule has 0 saturated carbocycles. The lowest BCUT2D eigenvalue weighted by atomic mass is 10.0. The van der Waals surface area contributed by atoms with E-state index in [1.165, 1.54) is 6.07 Å². The van der Waals surface area contributed by atoms with Gasteiger partial charge in [0.05, 0.1) is 9.27 Å². The van der Waals surface area contributed by atoms with Gasteiger partial charge in [-0.05, 0) is 47.6 Å². The Hall–Kier alpha value is -0.910. The van der Waals surface area contributed by atoms with E-state index in [2.05, 4.69) is 5.32 Å². The molecule has 0 fully saturated rings. The van der Waals surface area contributed by atoms with Gasteiger partial charge in [-0.2, -0.15) is 0 Å². The van der Waals surface area contributed by atoms with Crippen LogP contribution in [0, 0.1) is 5.82 Å². The molecule has 0 spiro atoms. The normalized spacial score (nSPS) is 16.5. The quantitative estimate of drug-likeness (QED) is 0.839. The van der Waals surface area contributed by atoms with Crippen molar-refractivity contribution in [3.05, 3.63) is 39.4 Å². The zero-order valence-electron chi connectivity index (χ0n) is 8.59. The highest BCUT2D eigenvalue weighted by Crippen LogP contribution is 2.28. The average Bonchev–Trinajstić information content (AvgIpc) is 2.28. The highest BCUT2D eigenvalue weighted by Gasteiger charge is 2.18. The van der Waals surface area contributed by atoms with E-state index in [-0.39, 0.29) is 11.6 Å². The second-order valence-corrected chi connectivity index (χ2v) is 4.75. The number of anilines is 1. The molecule has 0 saturated heterocycles. The van der Waals surface area contributed by atoms with Crippen molar-refractivity contribution in [2.24, 2.45) is 0 Å². The van der Waals surface area contributed by atoms with Crippen LogP contribution in [0.5, 0.6) is 0 Å². The number of nitrogens with one attached hydrogen (secondary N) is 1. The van der Waals surface area contributed by atoms with Crippen LogP contribution in [0.4, 0.5) is 10.1 Å². The SMILES string of the molecule is O=C1CCCC(Nc2ccccc2F)=C1I. The summed E-state index contributed by atoms with van der Waals surface area (Å²) in [4.78, 5) is 11.5. The Balaban J connectivity index is 2.25. The first-order valence-corrected chi connectivity index (χ1v) is 6.20. The van der Waals surface area contributed by atoms with Crippen LogP contribution in [0.25, 0.3) is 0 Å². The molecule has 2 nitrogen and oxygen atoms in total. The lowest BCUT2D eigenvalue weighted by molar-refractivity contribution is -0.115. The number of Topliss-reactive ketones (excluding diaryl/α,β-unsaturated/α-hetero) is 1. The van der Waals surface area contributed by atoms with Gasteiger partial charge in [-0.15, -0.1) is 0 Å². The zero-order valence-corrected chi connectivity index (χ0v) is 10.8. The maximum atomic E-state index is 13.4. The molecule has 1 N–H and O–H groups in total. The van der Waals surface area contributed by atoms with Crippen LogP contribution >= 0.6 is 22.6 Å². The van der Waals surface area contributed by atoms with Crippen molar-refractivity contribution in [2.75, 3.05) is 5.32 Å². The van der Waals surface area contributed by atoms with Crippen LogP contribution in [0.1, 0.15) is 19.3 Å². The summed E-state index contributed by atoms with van der Waals surface area (Å²) in [6.45, 7) is 0. The van der Waals surface area contributed by atoms with Crippen LogP contribution in [0.2, 0.25) is 0 Å². The summed E-state index contributed by atoms with van der Waals surface area (Å²) < 4.78 is 14.1. The van der Waals surface area contributed by atoms with E-state index >= 15 is 0 Å². The summed E-state index contributed by atoms with van der Waals surface area (Å²) >= 11 is 2.03. The first-order chi connectivity index (χ1) is 7.68. The van der Waals surface area contributed by atoms with Crippen molar-refractivity contribution in [1.82, 2.24) is 0 Å². The lowest BCUT2D eigenvalue weighted by Gasteiger charge is -2.17. The largest absolute Gasteiger partial charge is 0.356 e. The minimum Gasteiger partial charge on any atom is -0.356 e. The number of para-hydroxylation sites is 1. The first kappa shape index (κ1) is 11.6. The van der Waals surface area contributed by atoms with E-state index in [0.717, 1.165) is 18.5 Å². The van der Waals surface area contributed by atoms with Crippen molar-refractivity contribution in [1.29, 1.82) is 0 Å². The van der Waals surface area contributed by atoms with Crippen LogP contribution in [-0.4, -0.2) is 5.78 Å². The van der Waals surface area contributed by atoms with Crippen LogP contribution in [-0.2, 0) is 4.79 Å². The van der Waals surface area contributed by atoms with Gasteiger partial charge >= 0.3 is 0 Å². The van der Waals surface area contributed by atoms with Crippen molar-refractivity contribution in [3.63, 3.8) is 0 Å². The van der Waals surface area contributed by atoms with Crippen LogP contribution in [0.3, 0.4) is 0 Å².